The van der Waals surface area contributed by atoms with Crippen LogP contribution in [0.2, 0.25) is 0 Å². The van der Waals surface area contributed by atoms with Crippen LogP contribution in [0.25, 0.3) is 26.2 Å². The minimum Gasteiger partial charge on any atom is -0.495 e. The summed E-state index contributed by atoms with van der Waals surface area (Å²) in [6, 6.07) is 6.13. The molecule has 7 nitrogen and oxygen atoms in total. The van der Waals surface area contributed by atoms with E-state index in [0.717, 1.165) is 48.6 Å². The number of halogens is 1. The Morgan fingerprint density at radius 2 is 2.26 bits per heavy atom. The molecule has 4 heterocycles. The highest BCUT2D eigenvalue weighted by molar-refractivity contribution is 9.10. The predicted molar refractivity (Wildman–Crippen MR) is 127 cm³/mol. The van der Waals surface area contributed by atoms with Gasteiger partial charge in [0.1, 0.15) is 28.6 Å². The number of anilines is 1. The average molecular weight is 498 g/mol. The Bertz CT molecular complexity index is 1340. The summed E-state index contributed by atoms with van der Waals surface area (Å²) in [5, 5.41) is 1.07. The molecule has 5 rings (SSSR count). The molecule has 1 atom stereocenters. The van der Waals surface area contributed by atoms with Crippen LogP contribution in [0.3, 0.4) is 0 Å². The number of carbonyl (C=O) groups excluding carboxylic acids is 1. The summed E-state index contributed by atoms with van der Waals surface area (Å²) in [5.74, 6) is 2.20. The molecular formula is C22H20BrN5O2S. The number of hydrogen-bond donors (Lipinski definition) is 1. The normalized spacial score (nSPS) is 16.3. The summed E-state index contributed by atoms with van der Waals surface area (Å²) < 4.78 is 9.59. The van der Waals surface area contributed by atoms with Crippen molar-refractivity contribution in [2.75, 3.05) is 25.9 Å². The number of ether oxygens (including phenoxy) is 1. The van der Waals surface area contributed by atoms with Crippen molar-refractivity contribution in [3.8, 4) is 16.3 Å². The summed E-state index contributed by atoms with van der Waals surface area (Å²) >= 11 is 5.16. The quantitative estimate of drug-likeness (QED) is 0.420. The Balaban J connectivity index is 1.66. The monoisotopic (exact) mass is 497 g/mol. The Morgan fingerprint density at radius 3 is 3.03 bits per heavy atom. The van der Waals surface area contributed by atoms with Gasteiger partial charge in [-0.15, -0.1) is 11.3 Å². The maximum absolute atomic E-state index is 12.1. The number of methoxy groups -OCH3 is 1. The number of benzene rings is 1. The Kier molecular flexibility index (Phi) is 4.94. The number of nitrogens with two attached hydrogens (primary N) is 1. The fraction of sp³-hybridized carbons (Fsp3) is 0.227. The topological polar surface area (TPSA) is 85.8 Å². The van der Waals surface area contributed by atoms with Gasteiger partial charge in [0, 0.05) is 35.9 Å². The molecule has 0 saturated carbocycles. The fourth-order valence-corrected chi connectivity index (χ4v) is 5.78. The van der Waals surface area contributed by atoms with Crippen molar-refractivity contribution in [3.05, 3.63) is 53.5 Å². The van der Waals surface area contributed by atoms with Gasteiger partial charge < -0.3 is 15.4 Å². The molecule has 0 bridgehead atoms. The van der Waals surface area contributed by atoms with Gasteiger partial charge in [-0.1, -0.05) is 22.5 Å². The summed E-state index contributed by atoms with van der Waals surface area (Å²) in [7, 11) is 1.67. The first-order chi connectivity index (χ1) is 15.0. The van der Waals surface area contributed by atoms with Crippen LogP contribution in [0.1, 0.15) is 18.2 Å². The summed E-state index contributed by atoms with van der Waals surface area (Å²) in [5.41, 5.74) is 7.89. The molecule has 4 aromatic rings. The van der Waals surface area contributed by atoms with Gasteiger partial charge in [0.15, 0.2) is 0 Å². The largest absolute Gasteiger partial charge is 0.495 e. The summed E-state index contributed by atoms with van der Waals surface area (Å²) in [6.07, 6.45) is 5.78. The zero-order valence-electron chi connectivity index (χ0n) is 16.8. The molecule has 1 aromatic carbocycles. The molecule has 1 aliphatic rings. The van der Waals surface area contributed by atoms with Gasteiger partial charge in [-0.2, -0.15) is 0 Å². The molecule has 0 unspecified atom stereocenters. The average Bonchev–Trinajstić information content (AvgIpc) is 3.48. The van der Waals surface area contributed by atoms with E-state index in [2.05, 4.69) is 39.6 Å². The first kappa shape index (κ1) is 20.0. The van der Waals surface area contributed by atoms with Crippen molar-refractivity contribution in [1.82, 2.24) is 19.3 Å². The van der Waals surface area contributed by atoms with Crippen LogP contribution in [0.15, 0.2) is 47.7 Å². The third-order valence-electron chi connectivity index (χ3n) is 5.65. The summed E-state index contributed by atoms with van der Waals surface area (Å²) in [4.78, 5) is 24.2. The molecule has 1 amide bonds. The van der Waals surface area contributed by atoms with Crippen LogP contribution in [-0.2, 0) is 4.79 Å². The van der Waals surface area contributed by atoms with Gasteiger partial charge >= 0.3 is 0 Å². The zero-order valence-corrected chi connectivity index (χ0v) is 19.2. The fourth-order valence-electron chi connectivity index (χ4n) is 4.20. The number of rotatable bonds is 4. The lowest BCUT2D eigenvalue weighted by atomic mass is 10.1. The van der Waals surface area contributed by atoms with Gasteiger partial charge in [0.25, 0.3) is 0 Å². The van der Waals surface area contributed by atoms with Crippen LogP contribution >= 0.6 is 27.3 Å². The smallest absolute Gasteiger partial charge is 0.245 e. The van der Waals surface area contributed by atoms with Crippen LogP contribution in [0.4, 0.5) is 5.82 Å². The van der Waals surface area contributed by atoms with E-state index in [0.29, 0.717) is 18.9 Å². The maximum atomic E-state index is 12.1. The van der Waals surface area contributed by atoms with Crippen molar-refractivity contribution in [1.29, 1.82) is 0 Å². The molecule has 3 aromatic heterocycles. The molecule has 9 heteroatoms. The first-order valence-electron chi connectivity index (χ1n) is 9.81. The Morgan fingerprint density at radius 1 is 1.42 bits per heavy atom. The number of nitrogen functional groups attached to an aromatic ring is 1. The van der Waals surface area contributed by atoms with E-state index in [9.17, 15) is 4.79 Å². The van der Waals surface area contributed by atoms with Gasteiger partial charge in [0.05, 0.1) is 16.7 Å². The van der Waals surface area contributed by atoms with Crippen molar-refractivity contribution in [2.45, 2.75) is 12.3 Å². The lowest BCUT2D eigenvalue weighted by Gasteiger charge is -2.13. The molecule has 0 spiro atoms. The molecular weight excluding hydrogens is 478 g/mol. The predicted octanol–water partition coefficient (Wildman–Crippen LogP) is 4.47. The van der Waals surface area contributed by atoms with Gasteiger partial charge in [-0.25, -0.2) is 9.97 Å². The number of thiophene rings is 1. The van der Waals surface area contributed by atoms with E-state index < -0.39 is 0 Å². The van der Waals surface area contributed by atoms with Crippen molar-refractivity contribution in [3.63, 3.8) is 0 Å². The number of imidazole rings is 1. The highest BCUT2D eigenvalue weighted by atomic mass is 79.9. The molecule has 2 N–H and O–H groups in total. The van der Waals surface area contributed by atoms with Gasteiger partial charge in [-0.05, 0) is 36.1 Å². The van der Waals surface area contributed by atoms with Crippen molar-refractivity contribution >= 4 is 54.6 Å². The molecule has 1 aliphatic heterocycles. The third kappa shape index (κ3) is 3.28. The minimum absolute atomic E-state index is 0.0491. The molecule has 1 fully saturated rings. The molecule has 31 heavy (non-hydrogen) atoms. The van der Waals surface area contributed by atoms with E-state index in [1.807, 2.05) is 21.6 Å². The van der Waals surface area contributed by atoms with Crippen molar-refractivity contribution in [2.24, 2.45) is 0 Å². The van der Waals surface area contributed by atoms with Crippen LogP contribution < -0.4 is 10.5 Å². The highest BCUT2D eigenvalue weighted by Crippen LogP contribution is 2.43. The number of amides is 1. The number of hydrogen-bond acceptors (Lipinski definition) is 6. The van der Waals surface area contributed by atoms with Gasteiger partial charge in [-0.3, -0.25) is 9.20 Å². The lowest BCUT2D eigenvalue weighted by molar-refractivity contribution is -0.125. The number of fused-ring (bicyclic) bond motifs is 2. The van der Waals surface area contributed by atoms with E-state index in [1.165, 1.54) is 6.08 Å². The van der Waals surface area contributed by atoms with Gasteiger partial charge in [0.2, 0.25) is 5.91 Å². The van der Waals surface area contributed by atoms with E-state index in [4.69, 9.17) is 15.5 Å². The minimum atomic E-state index is -0.0491. The Hall–Kier alpha value is -2.91. The second kappa shape index (κ2) is 7.65. The second-order valence-electron chi connectivity index (χ2n) is 7.46. The van der Waals surface area contributed by atoms with E-state index >= 15 is 0 Å². The first-order valence-corrected chi connectivity index (χ1v) is 11.4. The Labute approximate surface area is 191 Å². The highest BCUT2D eigenvalue weighted by Gasteiger charge is 2.31. The van der Waals surface area contributed by atoms with Crippen LogP contribution in [0.5, 0.6) is 5.75 Å². The lowest BCUT2D eigenvalue weighted by Crippen LogP contribution is -2.26. The van der Waals surface area contributed by atoms with E-state index in [-0.39, 0.29) is 11.8 Å². The van der Waals surface area contributed by atoms with E-state index in [1.54, 1.807) is 24.6 Å². The summed E-state index contributed by atoms with van der Waals surface area (Å²) in [6.45, 7) is 4.90. The third-order valence-corrected chi connectivity index (χ3v) is 7.28. The number of likely N-dealkylation sites (tertiary alicyclic amines) is 1. The SMILES string of the molecule is C=CC(=O)N1CC[C@H](c2nc(-c3cc4cc(Br)cc(OC)c4s3)c3c(N)nccn23)C1. The molecule has 158 valence electrons. The maximum Gasteiger partial charge on any atom is 0.245 e. The number of nitrogens with zero attached hydrogens (tertiary/aromatic N) is 4. The zero-order chi connectivity index (χ0) is 21.7. The van der Waals surface area contributed by atoms with Crippen molar-refractivity contribution < 1.29 is 9.53 Å². The molecule has 0 aliphatic carbocycles. The van der Waals surface area contributed by atoms with Crippen LogP contribution in [0, 0.1) is 0 Å². The molecule has 0 radical (unpaired) electrons. The number of aromatic nitrogens is 3. The number of carbonyl (C=O) groups is 1. The standard InChI is InChI=1S/C22H20BrN5O2S/c1-3-17(29)27-6-4-12(11-27)22-26-18(19-21(24)25-5-7-28(19)22)16-9-13-8-14(23)10-15(30-2)20(13)31-16/h3,5,7-10,12H,1,4,6,11H2,2H3,(H2,24,25)/t12-/m0/s1. The second-order valence-corrected chi connectivity index (χ2v) is 9.43. The van der Waals surface area contributed by atoms with Crippen LogP contribution in [-0.4, -0.2) is 45.4 Å². The molecule has 1 saturated heterocycles.